The van der Waals surface area contributed by atoms with Gasteiger partial charge in [-0.3, -0.25) is 4.68 Å². The number of nitrogens with zero attached hydrogens (tertiary/aromatic N) is 4. The number of rotatable bonds is 4. The second kappa shape index (κ2) is 4.45. The summed E-state index contributed by atoms with van der Waals surface area (Å²) >= 11 is 0. The molecule has 2 N–H and O–H groups in total. The zero-order chi connectivity index (χ0) is 12.4. The van der Waals surface area contributed by atoms with Crippen molar-refractivity contribution in [2.45, 2.75) is 26.4 Å². The number of hydrogen-bond donors (Lipinski definition) is 1. The zero-order valence-electron chi connectivity index (χ0n) is 10.2. The molecule has 2 heterocycles. The van der Waals surface area contributed by atoms with Gasteiger partial charge in [-0.05, 0) is 13.8 Å². The van der Waals surface area contributed by atoms with E-state index in [-0.39, 0.29) is 0 Å². The summed E-state index contributed by atoms with van der Waals surface area (Å²) in [6, 6.07) is 0.334. The standard InChI is InChI=1S/C12H17N5/c1-4-5-16-8-14-11(12(16)13)10-6-15-17(7-10)9(2)3/h4,6-9H,1,5,13H2,2-3H3. The Morgan fingerprint density at radius 3 is 2.88 bits per heavy atom. The first-order valence-corrected chi connectivity index (χ1v) is 5.59. The molecule has 17 heavy (non-hydrogen) atoms. The topological polar surface area (TPSA) is 61.7 Å². The van der Waals surface area contributed by atoms with Crippen molar-refractivity contribution in [3.05, 3.63) is 31.4 Å². The minimum Gasteiger partial charge on any atom is -0.383 e. The molecule has 0 amide bonds. The van der Waals surface area contributed by atoms with E-state index in [0.717, 1.165) is 11.3 Å². The number of hydrogen-bond acceptors (Lipinski definition) is 3. The molecule has 0 aliphatic rings. The van der Waals surface area contributed by atoms with Crippen molar-refractivity contribution in [2.24, 2.45) is 0 Å². The van der Waals surface area contributed by atoms with E-state index >= 15 is 0 Å². The van der Waals surface area contributed by atoms with Gasteiger partial charge < -0.3 is 10.3 Å². The third-order valence-electron chi connectivity index (χ3n) is 2.61. The highest BCUT2D eigenvalue weighted by Gasteiger charge is 2.11. The van der Waals surface area contributed by atoms with Crippen LogP contribution < -0.4 is 5.73 Å². The molecule has 0 saturated heterocycles. The van der Waals surface area contributed by atoms with Gasteiger partial charge in [0.1, 0.15) is 11.5 Å². The van der Waals surface area contributed by atoms with Gasteiger partial charge in [0.2, 0.25) is 0 Å². The Morgan fingerprint density at radius 1 is 1.53 bits per heavy atom. The zero-order valence-corrected chi connectivity index (χ0v) is 10.2. The largest absolute Gasteiger partial charge is 0.383 e. The second-order valence-corrected chi connectivity index (χ2v) is 4.22. The Kier molecular flexibility index (Phi) is 2.99. The molecule has 0 spiro atoms. The van der Waals surface area contributed by atoms with Gasteiger partial charge in [0.25, 0.3) is 0 Å². The van der Waals surface area contributed by atoms with Crippen LogP contribution in [0.2, 0.25) is 0 Å². The summed E-state index contributed by atoms with van der Waals surface area (Å²) in [4.78, 5) is 4.31. The van der Waals surface area contributed by atoms with E-state index in [1.165, 1.54) is 0 Å². The Labute approximate surface area is 101 Å². The maximum absolute atomic E-state index is 6.02. The van der Waals surface area contributed by atoms with E-state index in [9.17, 15) is 0 Å². The minimum absolute atomic E-state index is 0.334. The maximum Gasteiger partial charge on any atom is 0.131 e. The molecule has 0 saturated carbocycles. The molecule has 0 fully saturated rings. The molecule has 0 aliphatic heterocycles. The fourth-order valence-corrected chi connectivity index (χ4v) is 1.64. The number of nitrogen functional groups attached to an aromatic ring is 1. The summed E-state index contributed by atoms with van der Waals surface area (Å²) in [5, 5.41) is 4.28. The van der Waals surface area contributed by atoms with Crippen molar-refractivity contribution in [1.29, 1.82) is 0 Å². The summed E-state index contributed by atoms with van der Waals surface area (Å²) in [5.74, 6) is 0.646. The molecule has 2 aromatic rings. The molecule has 5 nitrogen and oxygen atoms in total. The molecule has 2 aromatic heterocycles. The highest BCUT2D eigenvalue weighted by molar-refractivity contribution is 5.69. The van der Waals surface area contributed by atoms with Gasteiger partial charge >= 0.3 is 0 Å². The van der Waals surface area contributed by atoms with Crippen LogP contribution in [0.15, 0.2) is 31.4 Å². The third kappa shape index (κ3) is 2.08. The van der Waals surface area contributed by atoms with Gasteiger partial charge in [0.05, 0.1) is 12.5 Å². The number of anilines is 1. The molecular weight excluding hydrogens is 214 g/mol. The number of aromatic nitrogens is 4. The molecule has 0 aliphatic carbocycles. The van der Waals surface area contributed by atoms with E-state index in [2.05, 4.69) is 30.5 Å². The lowest BCUT2D eigenvalue weighted by molar-refractivity contribution is 0.532. The number of allylic oxidation sites excluding steroid dienone is 1. The highest BCUT2D eigenvalue weighted by atomic mass is 15.3. The van der Waals surface area contributed by atoms with E-state index in [4.69, 9.17) is 5.73 Å². The fourth-order valence-electron chi connectivity index (χ4n) is 1.64. The summed E-state index contributed by atoms with van der Waals surface area (Å²) in [7, 11) is 0. The van der Waals surface area contributed by atoms with Crippen LogP contribution in [0.1, 0.15) is 19.9 Å². The summed E-state index contributed by atoms with van der Waals surface area (Å²) in [6.07, 6.45) is 7.26. The molecule has 2 rings (SSSR count). The van der Waals surface area contributed by atoms with Gasteiger partial charge in [-0.2, -0.15) is 5.10 Å². The van der Waals surface area contributed by atoms with Crippen molar-refractivity contribution in [2.75, 3.05) is 5.73 Å². The van der Waals surface area contributed by atoms with Crippen LogP contribution in [0.5, 0.6) is 0 Å². The molecule has 0 unspecified atom stereocenters. The van der Waals surface area contributed by atoms with Gasteiger partial charge in [-0.15, -0.1) is 6.58 Å². The molecule has 90 valence electrons. The lowest BCUT2D eigenvalue weighted by Crippen LogP contribution is -2.00. The predicted molar refractivity (Wildman–Crippen MR) is 68.4 cm³/mol. The molecule has 0 aromatic carbocycles. The first-order chi connectivity index (χ1) is 8.13. The van der Waals surface area contributed by atoms with Crippen LogP contribution in [-0.4, -0.2) is 19.3 Å². The Bertz CT molecular complexity index is 521. The predicted octanol–water partition coefficient (Wildman–Crippen LogP) is 2.10. The average molecular weight is 231 g/mol. The third-order valence-corrected chi connectivity index (χ3v) is 2.61. The van der Waals surface area contributed by atoms with E-state index in [1.807, 2.05) is 15.4 Å². The highest BCUT2D eigenvalue weighted by Crippen LogP contribution is 2.24. The quantitative estimate of drug-likeness (QED) is 0.820. The monoisotopic (exact) mass is 231 g/mol. The van der Waals surface area contributed by atoms with Crippen molar-refractivity contribution in [3.63, 3.8) is 0 Å². The van der Waals surface area contributed by atoms with Crippen LogP contribution in [0.25, 0.3) is 11.3 Å². The number of imidazole rings is 1. The summed E-state index contributed by atoms with van der Waals surface area (Å²) < 4.78 is 3.75. The molecule has 0 bridgehead atoms. The molecule has 0 radical (unpaired) electrons. The molecule has 5 heteroatoms. The maximum atomic E-state index is 6.02. The van der Waals surface area contributed by atoms with E-state index in [0.29, 0.717) is 18.4 Å². The van der Waals surface area contributed by atoms with Gasteiger partial charge in [0.15, 0.2) is 0 Å². The smallest absolute Gasteiger partial charge is 0.131 e. The van der Waals surface area contributed by atoms with Gasteiger partial charge in [-0.25, -0.2) is 4.98 Å². The summed E-state index contributed by atoms with van der Waals surface area (Å²) in [5.41, 5.74) is 7.74. The molecular formula is C12H17N5. The Balaban J connectivity index is 2.35. The fraction of sp³-hybridized carbons (Fsp3) is 0.333. The van der Waals surface area contributed by atoms with Gasteiger partial charge in [0, 0.05) is 24.3 Å². The Hall–Kier alpha value is -2.04. The first kappa shape index (κ1) is 11.4. The normalized spacial score (nSPS) is 11.0. The second-order valence-electron chi connectivity index (χ2n) is 4.22. The minimum atomic E-state index is 0.334. The van der Waals surface area contributed by atoms with Crippen LogP contribution in [0, 0.1) is 0 Å². The van der Waals surface area contributed by atoms with Crippen LogP contribution in [0.3, 0.4) is 0 Å². The SMILES string of the molecule is C=CCn1cnc(-c2cnn(C(C)C)c2)c1N. The van der Waals surface area contributed by atoms with Crippen LogP contribution in [-0.2, 0) is 6.54 Å². The lowest BCUT2D eigenvalue weighted by atomic mass is 10.2. The van der Waals surface area contributed by atoms with E-state index in [1.54, 1.807) is 18.6 Å². The van der Waals surface area contributed by atoms with Crippen LogP contribution in [0.4, 0.5) is 5.82 Å². The van der Waals surface area contributed by atoms with Crippen molar-refractivity contribution in [3.8, 4) is 11.3 Å². The van der Waals surface area contributed by atoms with Gasteiger partial charge in [-0.1, -0.05) is 6.08 Å². The summed E-state index contributed by atoms with van der Waals surface area (Å²) in [6.45, 7) is 8.51. The van der Waals surface area contributed by atoms with Crippen molar-refractivity contribution < 1.29 is 0 Å². The average Bonchev–Trinajstić information content (AvgIpc) is 2.87. The molecule has 0 atom stereocenters. The number of nitrogens with two attached hydrogens (primary N) is 1. The first-order valence-electron chi connectivity index (χ1n) is 5.59. The van der Waals surface area contributed by atoms with Crippen LogP contribution >= 0.6 is 0 Å². The lowest BCUT2D eigenvalue weighted by Gasteiger charge is -2.03. The Morgan fingerprint density at radius 2 is 2.29 bits per heavy atom. The van der Waals surface area contributed by atoms with E-state index < -0.39 is 0 Å². The van der Waals surface area contributed by atoms with Crippen molar-refractivity contribution in [1.82, 2.24) is 19.3 Å². The van der Waals surface area contributed by atoms with Crippen molar-refractivity contribution >= 4 is 5.82 Å².